The van der Waals surface area contributed by atoms with Crippen molar-refractivity contribution in [2.45, 2.75) is 26.7 Å². The molecule has 0 bridgehead atoms. The Morgan fingerprint density at radius 2 is 1.88 bits per heavy atom. The van der Waals surface area contributed by atoms with Gasteiger partial charge in [-0.3, -0.25) is 4.79 Å². The lowest BCUT2D eigenvalue weighted by molar-refractivity contribution is -0.116. The van der Waals surface area contributed by atoms with Gasteiger partial charge in [-0.1, -0.05) is 29.8 Å². The molecule has 0 fully saturated rings. The minimum atomic E-state index is -0.0233. The van der Waals surface area contributed by atoms with E-state index in [1.807, 2.05) is 61.0 Å². The maximum Gasteiger partial charge on any atom is 0.224 e. The lowest BCUT2D eigenvalue weighted by Crippen LogP contribution is -2.12. The van der Waals surface area contributed by atoms with E-state index in [1.54, 1.807) is 12.1 Å². The van der Waals surface area contributed by atoms with Crippen molar-refractivity contribution < 1.29 is 4.79 Å². The molecular weight excluding hydrogens is 334 g/mol. The van der Waals surface area contributed by atoms with Crippen LogP contribution in [0.4, 0.5) is 5.69 Å². The number of benzene rings is 2. The molecule has 0 saturated heterocycles. The number of nitrogens with one attached hydrogen (secondary N) is 1. The Hall–Kier alpha value is -2.59. The van der Waals surface area contributed by atoms with Crippen molar-refractivity contribution >= 4 is 23.2 Å². The topological polar surface area (TPSA) is 46.9 Å². The number of amides is 1. The van der Waals surface area contributed by atoms with Crippen LogP contribution in [-0.4, -0.2) is 15.7 Å². The number of aromatic nitrogens is 2. The van der Waals surface area contributed by atoms with Gasteiger partial charge in [0.25, 0.3) is 0 Å². The SMILES string of the molecule is Cc1cc(C)n(-c2ccc(CCC(=O)Nc3cccc(Cl)c3)cc2)n1. The first-order valence-electron chi connectivity index (χ1n) is 8.19. The molecule has 0 spiro atoms. The molecule has 1 aromatic heterocycles. The highest BCUT2D eigenvalue weighted by Crippen LogP contribution is 2.16. The number of carbonyl (C=O) groups excluding carboxylic acids is 1. The molecule has 1 amide bonds. The maximum atomic E-state index is 12.1. The molecule has 25 heavy (non-hydrogen) atoms. The van der Waals surface area contributed by atoms with E-state index in [2.05, 4.69) is 10.4 Å². The van der Waals surface area contributed by atoms with E-state index in [0.29, 0.717) is 17.9 Å². The van der Waals surface area contributed by atoms with Crippen LogP contribution in [0.3, 0.4) is 0 Å². The second-order valence-corrected chi connectivity index (χ2v) is 6.50. The van der Waals surface area contributed by atoms with Gasteiger partial charge in [0, 0.05) is 22.8 Å². The molecule has 0 aliphatic rings. The van der Waals surface area contributed by atoms with Crippen LogP contribution in [0.5, 0.6) is 0 Å². The third kappa shape index (κ3) is 4.48. The number of nitrogens with zero attached hydrogens (tertiary/aromatic N) is 2. The predicted octanol–water partition coefficient (Wildman–Crippen LogP) is 4.71. The Balaban J connectivity index is 1.58. The van der Waals surface area contributed by atoms with Gasteiger partial charge in [0.1, 0.15) is 0 Å². The van der Waals surface area contributed by atoms with Crippen molar-refractivity contribution in [1.82, 2.24) is 9.78 Å². The van der Waals surface area contributed by atoms with Crippen LogP contribution in [0, 0.1) is 13.8 Å². The second-order valence-electron chi connectivity index (χ2n) is 6.06. The summed E-state index contributed by atoms with van der Waals surface area (Å²) in [5.74, 6) is -0.0233. The largest absolute Gasteiger partial charge is 0.326 e. The molecule has 5 heteroatoms. The molecule has 0 aliphatic carbocycles. The van der Waals surface area contributed by atoms with Gasteiger partial charge in [0.05, 0.1) is 11.4 Å². The van der Waals surface area contributed by atoms with Gasteiger partial charge < -0.3 is 5.32 Å². The van der Waals surface area contributed by atoms with Crippen molar-refractivity contribution in [2.24, 2.45) is 0 Å². The first-order valence-corrected chi connectivity index (χ1v) is 8.57. The standard InChI is InChI=1S/C20H20ClN3O/c1-14-12-15(2)24(23-14)19-9-6-16(7-10-19)8-11-20(25)22-18-5-3-4-17(21)13-18/h3-7,9-10,12-13H,8,11H2,1-2H3,(H,22,25). The van der Waals surface area contributed by atoms with Gasteiger partial charge in [-0.05, 0) is 62.2 Å². The zero-order valence-corrected chi connectivity index (χ0v) is 15.0. The number of carbonyl (C=O) groups is 1. The van der Waals surface area contributed by atoms with E-state index < -0.39 is 0 Å². The van der Waals surface area contributed by atoms with Crippen molar-refractivity contribution in [3.63, 3.8) is 0 Å². The minimum Gasteiger partial charge on any atom is -0.326 e. The molecule has 3 rings (SSSR count). The molecule has 2 aromatic carbocycles. The van der Waals surface area contributed by atoms with Gasteiger partial charge in [0.15, 0.2) is 0 Å². The molecule has 0 saturated carbocycles. The highest BCUT2D eigenvalue weighted by Gasteiger charge is 2.06. The fraction of sp³-hybridized carbons (Fsp3) is 0.200. The number of rotatable bonds is 5. The quantitative estimate of drug-likeness (QED) is 0.721. The third-order valence-electron chi connectivity index (χ3n) is 3.94. The van der Waals surface area contributed by atoms with Gasteiger partial charge in [-0.25, -0.2) is 4.68 Å². The number of hydrogen-bond donors (Lipinski definition) is 1. The van der Waals surface area contributed by atoms with Gasteiger partial charge in [-0.2, -0.15) is 5.10 Å². The average Bonchev–Trinajstić information content (AvgIpc) is 2.92. The van der Waals surface area contributed by atoms with Gasteiger partial charge in [0.2, 0.25) is 5.91 Å². The van der Waals surface area contributed by atoms with E-state index in [0.717, 1.165) is 28.3 Å². The summed E-state index contributed by atoms with van der Waals surface area (Å²) in [4.78, 5) is 12.1. The highest BCUT2D eigenvalue weighted by atomic mass is 35.5. The fourth-order valence-corrected chi connectivity index (χ4v) is 2.93. The first kappa shape index (κ1) is 17.2. The molecule has 128 valence electrons. The summed E-state index contributed by atoms with van der Waals surface area (Å²) in [6.07, 6.45) is 1.11. The Kier molecular flexibility index (Phi) is 5.19. The Morgan fingerprint density at radius 3 is 2.52 bits per heavy atom. The molecule has 4 nitrogen and oxygen atoms in total. The number of hydrogen-bond acceptors (Lipinski definition) is 2. The summed E-state index contributed by atoms with van der Waals surface area (Å²) >= 11 is 5.92. The molecule has 1 N–H and O–H groups in total. The lowest BCUT2D eigenvalue weighted by atomic mass is 10.1. The average molecular weight is 354 g/mol. The Labute approximate surface area is 152 Å². The smallest absolute Gasteiger partial charge is 0.224 e. The molecule has 0 atom stereocenters. The van der Waals surface area contributed by atoms with Crippen molar-refractivity contribution in [3.8, 4) is 5.69 Å². The van der Waals surface area contributed by atoms with Gasteiger partial charge in [-0.15, -0.1) is 0 Å². The van der Waals surface area contributed by atoms with Gasteiger partial charge >= 0.3 is 0 Å². The van der Waals surface area contributed by atoms with Crippen molar-refractivity contribution in [1.29, 1.82) is 0 Å². The summed E-state index contributed by atoms with van der Waals surface area (Å²) in [5.41, 5.74) is 4.96. The molecule has 0 aliphatic heterocycles. The molecule has 0 radical (unpaired) electrons. The van der Waals surface area contributed by atoms with Crippen LogP contribution in [0.1, 0.15) is 23.4 Å². The van der Waals surface area contributed by atoms with Crippen LogP contribution in [-0.2, 0) is 11.2 Å². The summed E-state index contributed by atoms with van der Waals surface area (Å²) in [5, 5.41) is 7.95. The third-order valence-corrected chi connectivity index (χ3v) is 4.17. The summed E-state index contributed by atoms with van der Waals surface area (Å²) < 4.78 is 1.92. The Bertz CT molecular complexity index is 884. The number of aryl methyl sites for hydroxylation is 3. The summed E-state index contributed by atoms with van der Waals surface area (Å²) in [6, 6.07) is 17.4. The molecule has 1 heterocycles. The minimum absolute atomic E-state index is 0.0233. The van der Waals surface area contributed by atoms with Crippen molar-refractivity contribution in [3.05, 3.63) is 76.6 Å². The monoisotopic (exact) mass is 353 g/mol. The van der Waals surface area contributed by atoms with E-state index in [4.69, 9.17) is 11.6 Å². The zero-order valence-electron chi connectivity index (χ0n) is 14.3. The molecule has 0 unspecified atom stereocenters. The summed E-state index contributed by atoms with van der Waals surface area (Å²) in [7, 11) is 0. The Morgan fingerprint density at radius 1 is 1.12 bits per heavy atom. The van der Waals surface area contributed by atoms with Crippen LogP contribution in [0.15, 0.2) is 54.6 Å². The number of anilines is 1. The van der Waals surface area contributed by atoms with Crippen LogP contribution in [0.25, 0.3) is 5.69 Å². The van der Waals surface area contributed by atoms with Crippen LogP contribution < -0.4 is 5.32 Å². The van der Waals surface area contributed by atoms with Crippen LogP contribution >= 0.6 is 11.6 Å². The second kappa shape index (κ2) is 7.53. The fourth-order valence-electron chi connectivity index (χ4n) is 2.74. The van der Waals surface area contributed by atoms with E-state index in [-0.39, 0.29) is 5.91 Å². The first-order chi connectivity index (χ1) is 12.0. The highest BCUT2D eigenvalue weighted by molar-refractivity contribution is 6.30. The summed E-state index contributed by atoms with van der Waals surface area (Å²) in [6.45, 7) is 4.02. The molecular formula is C20H20ClN3O. The zero-order chi connectivity index (χ0) is 17.8. The molecule has 3 aromatic rings. The lowest BCUT2D eigenvalue weighted by Gasteiger charge is -2.07. The van der Waals surface area contributed by atoms with E-state index >= 15 is 0 Å². The van der Waals surface area contributed by atoms with Crippen molar-refractivity contribution in [2.75, 3.05) is 5.32 Å². The predicted molar refractivity (Wildman–Crippen MR) is 101 cm³/mol. The van der Waals surface area contributed by atoms with E-state index in [1.165, 1.54) is 0 Å². The maximum absolute atomic E-state index is 12.1. The van der Waals surface area contributed by atoms with E-state index in [9.17, 15) is 4.79 Å². The normalized spacial score (nSPS) is 10.7. The van der Waals surface area contributed by atoms with Crippen LogP contribution in [0.2, 0.25) is 5.02 Å². The number of halogens is 1.